The number of amides is 1. The summed E-state index contributed by atoms with van der Waals surface area (Å²) in [5.41, 5.74) is 1.60. The van der Waals surface area contributed by atoms with E-state index in [9.17, 15) is 9.18 Å². The highest BCUT2D eigenvalue weighted by Crippen LogP contribution is 2.23. The zero-order valence-electron chi connectivity index (χ0n) is 9.23. The molecule has 2 N–H and O–H groups in total. The van der Waals surface area contributed by atoms with Gasteiger partial charge in [-0.25, -0.2) is 4.39 Å². The average molecular weight is 220 g/mol. The van der Waals surface area contributed by atoms with Gasteiger partial charge < -0.3 is 10.3 Å². The predicted molar refractivity (Wildman–Crippen MR) is 61.0 cm³/mol. The molecule has 1 aromatic heterocycles. The summed E-state index contributed by atoms with van der Waals surface area (Å²) in [6.07, 6.45) is 0. The second kappa shape index (κ2) is 3.96. The Morgan fingerprint density at radius 3 is 2.94 bits per heavy atom. The van der Waals surface area contributed by atoms with Crippen LogP contribution in [0.4, 0.5) is 4.39 Å². The van der Waals surface area contributed by atoms with Crippen LogP contribution in [0.15, 0.2) is 18.2 Å². The highest BCUT2D eigenvalue weighted by atomic mass is 19.1. The maximum atomic E-state index is 13.5. The monoisotopic (exact) mass is 220 g/mol. The quantitative estimate of drug-likeness (QED) is 0.801. The van der Waals surface area contributed by atoms with Crippen LogP contribution < -0.4 is 5.32 Å². The van der Waals surface area contributed by atoms with Crippen LogP contribution in [0.2, 0.25) is 0 Å². The number of aryl methyl sites for hydroxylation is 1. The summed E-state index contributed by atoms with van der Waals surface area (Å²) in [5, 5.41) is 3.35. The lowest BCUT2D eigenvalue weighted by atomic mass is 10.1. The van der Waals surface area contributed by atoms with Gasteiger partial charge in [-0.1, -0.05) is 12.1 Å². The van der Waals surface area contributed by atoms with Gasteiger partial charge in [-0.15, -0.1) is 0 Å². The number of aromatic nitrogens is 1. The van der Waals surface area contributed by atoms with Crippen molar-refractivity contribution in [2.45, 2.75) is 13.8 Å². The van der Waals surface area contributed by atoms with E-state index in [-0.39, 0.29) is 11.7 Å². The molecule has 0 fully saturated rings. The number of carbonyl (C=O) groups is 1. The molecule has 84 valence electrons. The van der Waals surface area contributed by atoms with E-state index in [0.29, 0.717) is 28.7 Å². The van der Waals surface area contributed by atoms with Crippen LogP contribution in [-0.2, 0) is 0 Å². The molecule has 0 unspecified atom stereocenters. The fourth-order valence-corrected chi connectivity index (χ4v) is 1.85. The Bertz CT molecular complexity index is 545. The molecule has 0 saturated carbocycles. The van der Waals surface area contributed by atoms with Gasteiger partial charge in [0.15, 0.2) is 0 Å². The van der Waals surface area contributed by atoms with Crippen LogP contribution in [0.1, 0.15) is 23.0 Å². The SMILES string of the molecule is CCNC(=O)c1c(C)[nH]c2c(F)cccc12. The molecule has 0 radical (unpaired) electrons. The summed E-state index contributed by atoms with van der Waals surface area (Å²) in [5.74, 6) is -0.506. The van der Waals surface area contributed by atoms with E-state index in [4.69, 9.17) is 0 Å². The number of carbonyl (C=O) groups excluding carboxylic acids is 1. The Morgan fingerprint density at radius 2 is 2.25 bits per heavy atom. The summed E-state index contributed by atoms with van der Waals surface area (Å²) in [6, 6.07) is 4.72. The van der Waals surface area contributed by atoms with E-state index in [1.54, 1.807) is 19.1 Å². The highest BCUT2D eigenvalue weighted by molar-refractivity contribution is 6.08. The zero-order valence-corrected chi connectivity index (χ0v) is 9.23. The molecule has 4 heteroatoms. The fraction of sp³-hybridized carbons (Fsp3) is 0.250. The number of rotatable bonds is 2. The van der Waals surface area contributed by atoms with Crippen LogP contribution >= 0.6 is 0 Å². The molecule has 1 amide bonds. The number of aromatic amines is 1. The maximum Gasteiger partial charge on any atom is 0.253 e. The van der Waals surface area contributed by atoms with Crippen LogP contribution in [0.5, 0.6) is 0 Å². The Morgan fingerprint density at radius 1 is 1.50 bits per heavy atom. The van der Waals surface area contributed by atoms with Gasteiger partial charge in [-0.05, 0) is 19.9 Å². The molecule has 0 aliphatic heterocycles. The molecule has 2 aromatic rings. The van der Waals surface area contributed by atoms with E-state index in [1.807, 2.05) is 6.92 Å². The summed E-state index contributed by atoms with van der Waals surface area (Å²) < 4.78 is 13.5. The van der Waals surface area contributed by atoms with Crippen molar-refractivity contribution in [3.05, 3.63) is 35.3 Å². The lowest BCUT2D eigenvalue weighted by Gasteiger charge is -2.01. The number of para-hydroxylation sites is 1. The minimum Gasteiger partial charge on any atom is -0.356 e. The van der Waals surface area contributed by atoms with Gasteiger partial charge in [0.1, 0.15) is 5.82 Å². The Hall–Kier alpha value is -1.84. The molecular formula is C12H13FN2O. The van der Waals surface area contributed by atoms with Crippen LogP contribution in [0.3, 0.4) is 0 Å². The van der Waals surface area contributed by atoms with Crippen LogP contribution in [0.25, 0.3) is 10.9 Å². The van der Waals surface area contributed by atoms with Gasteiger partial charge in [0.05, 0.1) is 11.1 Å². The lowest BCUT2D eigenvalue weighted by molar-refractivity contribution is 0.0957. The van der Waals surface area contributed by atoms with E-state index in [1.165, 1.54) is 6.07 Å². The minimum atomic E-state index is -0.337. The second-order valence-corrected chi connectivity index (χ2v) is 3.65. The number of hydrogen-bond donors (Lipinski definition) is 2. The van der Waals surface area contributed by atoms with Crippen molar-refractivity contribution >= 4 is 16.8 Å². The van der Waals surface area contributed by atoms with Gasteiger partial charge in [-0.2, -0.15) is 0 Å². The second-order valence-electron chi connectivity index (χ2n) is 3.65. The van der Waals surface area contributed by atoms with E-state index >= 15 is 0 Å². The van der Waals surface area contributed by atoms with Crippen molar-refractivity contribution in [1.82, 2.24) is 10.3 Å². The van der Waals surface area contributed by atoms with Gasteiger partial charge in [0.25, 0.3) is 5.91 Å². The van der Waals surface area contributed by atoms with Crippen molar-refractivity contribution < 1.29 is 9.18 Å². The molecule has 0 aliphatic carbocycles. The summed E-state index contributed by atoms with van der Waals surface area (Å²) in [7, 11) is 0. The van der Waals surface area contributed by atoms with Crippen LogP contribution in [0, 0.1) is 12.7 Å². The normalized spacial score (nSPS) is 10.7. The Kier molecular flexibility index (Phi) is 2.64. The van der Waals surface area contributed by atoms with Crippen molar-refractivity contribution in [2.24, 2.45) is 0 Å². The molecule has 0 bridgehead atoms. The smallest absolute Gasteiger partial charge is 0.253 e. The van der Waals surface area contributed by atoms with Gasteiger partial charge in [-0.3, -0.25) is 4.79 Å². The van der Waals surface area contributed by atoms with Crippen molar-refractivity contribution in [1.29, 1.82) is 0 Å². The molecule has 0 aliphatic rings. The summed E-state index contributed by atoms with van der Waals surface area (Å²) >= 11 is 0. The Labute approximate surface area is 92.7 Å². The first-order chi connectivity index (χ1) is 7.65. The molecule has 16 heavy (non-hydrogen) atoms. The molecule has 0 spiro atoms. The fourth-order valence-electron chi connectivity index (χ4n) is 1.85. The molecule has 0 saturated heterocycles. The lowest BCUT2D eigenvalue weighted by Crippen LogP contribution is -2.23. The van der Waals surface area contributed by atoms with E-state index < -0.39 is 0 Å². The number of nitrogens with one attached hydrogen (secondary N) is 2. The third-order valence-electron chi connectivity index (χ3n) is 2.53. The molecule has 3 nitrogen and oxygen atoms in total. The predicted octanol–water partition coefficient (Wildman–Crippen LogP) is 2.37. The zero-order chi connectivity index (χ0) is 11.7. The molecule has 1 aromatic carbocycles. The van der Waals surface area contributed by atoms with Gasteiger partial charge in [0.2, 0.25) is 0 Å². The summed E-state index contributed by atoms with van der Waals surface area (Å²) in [6.45, 7) is 4.17. The number of benzene rings is 1. The minimum absolute atomic E-state index is 0.170. The summed E-state index contributed by atoms with van der Waals surface area (Å²) in [4.78, 5) is 14.7. The van der Waals surface area contributed by atoms with Crippen molar-refractivity contribution in [3.8, 4) is 0 Å². The molecule has 0 atom stereocenters. The highest BCUT2D eigenvalue weighted by Gasteiger charge is 2.16. The van der Waals surface area contributed by atoms with E-state index in [2.05, 4.69) is 10.3 Å². The number of hydrogen-bond acceptors (Lipinski definition) is 1. The third kappa shape index (κ3) is 1.56. The molecule has 1 heterocycles. The van der Waals surface area contributed by atoms with Crippen molar-refractivity contribution in [3.63, 3.8) is 0 Å². The number of H-pyrrole nitrogens is 1. The van der Waals surface area contributed by atoms with Crippen LogP contribution in [-0.4, -0.2) is 17.4 Å². The first-order valence-electron chi connectivity index (χ1n) is 5.20. The third-order valence-corrected chi connectivity index (χ3v) is 2.53. The van der Waals surface area contributed by atoms with Crippen molar-refractivity contribution in [2.75, 3.05) is 6.54 Å². The van der Waals surface area contributed by atoms with E-state index in [0.717, 1.165) is 0 Å². The number of fused-ring (bicyclic) bond motifs is 1. The number of halogens is 1. The molecule has 2 rings (SSSR count). The standard InChI is InChI=1S/C12H13FN2O/c1-3-14-12(16)10-7(2)15-11-8(10)5-4-6-9(11)13/h4-6,15H,3H2,1-2H3,(H,14,16). The topological polar surface area (TPSA) is 44.9 Å². The first kappa shape index (κ1) is 10.7. The average Bonchev–Trinajstić information content (AvgIpc) is 2.56. The van der Waals surface area contributed by atoms with Gasteiger partial charge in [0, 0.05) is 17.6 Å². The Balaban J connectivity index is 2.65. The first-order valence-corrected chi connectivity index (χ1v) is 5.20. The molecular weight excluding hydrogens is 207 g/mol. The maximum absolute atomic E-state index is 13.5. The van der Waals surface area contributed by atoms with Gasteiger partial charge >= 0.3 is 0 Å². The largest absolute Gasteiger partial charge is 0.356 e.